The Bertz CT molecular complexity index is 1050. The molecule has 2 heterocycles. The van der Waals surface area contributed by atoms with E-state index < -0.39 is 27.7 Å². The number of thioether (sulfide) groups is 1. The fraction of sp³-hybridized carbons (Fsp3) is 0.400. The maximum atomic E-state index is 13.1. The molecule has 1 aromatic heterocycles. The molecule has 12 heteroatoms. The Labute approximate surface area is 188 Å². The molecule has 174 valence electrons. The predicted octanol–water partition coefficient (Wildman–Crippen LogP) is 4.01. The van der Waals surface area contributed by atoms with Crippen LogP contribution in [-0.2, 0) is 21.0 Å². The van der Waals surface area contributed by atoms with Crippen LogP contribution in [0.15, 0.2) is 46.5 Å². The van der Waals surface area contributed by atoms with Crippen LogP contribution in [0.3, 0.4) is 0 Å². The van der Waals surface area contributed by atoms with Gasteiger partial charge in [-0.15, -0.1) is 0 Å². The number of amides is 1. The smallest absolute Gasteiger partial charge is 0.417 e. The van der Waals surface area contributed by atoms with E-state index in [2.05, 4.69) is 10.3 Å². The topological polar surface area (TPSA) is 88.6 Å². The average Bonchev–Trinajstić information content (AvgIpc) is 2.78. The summed E-state index contributed by atoms with van der Waals surface area (Å²) >= 11 is 0.966. The second-order valence-electron chi connectivity index (χ2n) is 7.05. The molecule has 1 aliphatic heterocycles. The number of alkyl halides is 3. The Morgan fingerprint density at radius 2 is 1.91 bits per heavy atom. The maximum Gasteiger partial charge on any atom is 0.417 e. The molecule has 0 aliphatic carbocycles. The molecule has 32 heavy (non-hydrogen) atoms. The van der Waals surface area contributed by atoms with Gasteiger partial charge < -0.3 is 10.1 Å². The average molecular weight is 490 g/mol. The molecule has 1 N–H and O–H groups in total. The number of piperidine rings is 1. The van der Waals surface area contributed by atoms with E-state index in [-0.39, 0.29) is 27.1 Å². The monoisotopic (exact) mass is 489 g/mol. The van der Waals surface area contributed by atoms with E-state index in [0.717, 1.165) is 37.1 Å². The molecule has 1 aromatic carbocycles. The van der Waals surface area contributed by atoms with Gasteiger partial charge in [-0.25, -0.2) is 13.4 Å². The third-order valence-corrected chi connectivity index (χ3v) is 7.66. The summed E-state index contributed by atoms with van der Waals surface area (Å²) in [5.41, 5.74) is -0.598. The van der Waals surface area contributed by atoms with Crippen molar-refractivity contribution in [2.24, 2.45) is 0 Å². The van der Waals surface area contributed by atoms with Crippen LogP contribution >= 0.6 is 11.8 Å². The van der Waals surface area contributed by atoms with Crippen molar-refractivity contribution in [2.75, 3.05) is 31.3 Å². The molecule has 3 rings (SSSR count). The van der Waals surface area contributed by atoms with Crippen LogP contribution in [0, 0.1) is 0 Å². The van der Waals surface area contributed by atoms with Crippen LogP contribution in [0.5, 0.6) is 5.75 Å². The maximum absolute atomic E-state index is 13.1. The highest BCUT2D eigenvalue weighted by molar-refractivity contribution is 7.99. The number of nitrogens with zero attached hydrogens (tertiary/aromatic N) is 2. The van der Waals surface area contributed by atoms with Crippen molar-refractivity contribution in [3.05, 3.63) is 42.1 Å². The van der Waals surface area contributed by atoms with E-state index >= 15 is 0 Å². The summed E-state index contributed by atoms with van der Waals surface area (Å²) in [6.45, 7) is 0.859. The zero-order valence-corrected chi connectivity index (χ0v) is 18.8. The molecule has 0 spiro atoms. The third-order valence-electron chi connectivity index (χ3n) is 4.80. The first kappa shape index (κ1) is 24.3. The fourth-order valence-electron chi connectivity index (χ4n) is 3.17. The number of sulfonamides is 1. The lowest BCUT2D eigenvalue weighted by atomic mass is 10.2. The van der Waals surface area contributed by atoms with E-state index in [0.29, 0.717) is 19.3 Å². The highest BCUT2D eigenvalue weighted by atomic mass is 32.2. The van der Waals surface area contributed by atoms with Gasteiger partial charge >= 0.3 is 6.18 Å². The van der Waals surface area contributed by atoms with Gasteiger partial charge in [-0.2, -0.15) is 17.5 Å². The molecule has 7 nitrogen and oxygen atoms in total. The number of nitrogens with one attached hydrogen (secondary N) is 1. The van der Waals surface area contributed by atoms with Crippen molar-refractivity contribution in [3.8, 4) is 5.75 Å². The molecule has 0 bridgehead atoms. The van der Waals surface area contributed by atoms with Crippen LogP contribution < -0.4 is 10.1 Å². The van der Waals surface area contributed by atoms with Gasteiger partial charge in [0.05, 0.1) is 23.5 Å². The lowest BCUT2D eigenvalue weighted by molar-refractivity contribution is -0.137. The number of halogens is 3. The largest absolute Gasteiger partial charge is 0.495 e. The molecule has 0 radical (unpaired) electrons. The molecule has 0 saturated carbocycles. The van der Waals surface area contributed by atoms with E-state index in [1.54, 1.807) is 0 Å². The molecular weight excluding hydrogens is 467 g/mol. The summed E-state index contributed by atoms with van der Waals surface area (Å²) in [5, 5.41) is 2.87. The van der Waals surface area contributed by atoms with Gasteiger partial charge in [0.2, 0.25) is 15.9 Å². The minimum absolute atomic E-state index is 0.0308. The number of hydrogen-bond acceptors (Lipinski definition) is 6. The second-order valence-corrected chi connectivity index (χ2v) is 9.95. The number of rotatable bonds is 7. The molecule has 0 unspecified atom stereocenters. The summed E-state index contributed by atoms with van der Waals surface area (Å²) in [4.78, 5) is 16.0. The van der Waals surface area contributed by atoms with Gasteiger partial charge in [-0.3, -0.25) is 4.79 Å². The second kappa shape index (κ2) is 10.1. The first-order chi connectivity index (χ1) is 15.1. The van der Waals surface area contributed by atoms with Crippen molar-refractivity contribution < 1.29 is 31.1 Å². The number of methoxy groups -OCH3 is 1. The van der Waals surface area contributed by atoms with Crippen LogP contribution in [0.1, 0.15) is 24.8 Å². The SMILES string of the molecule is COc1ccc(NC(=O)CSc2ccc(C(F)(F)F)cn2)cc1S(=O)(=O)N1CCCCC1. The van der Waals surface area contributed by atoms with E-state index in [9.17, 15) is 26.4 Å². The summed E-state index contributed by atoms with van der Waals surface area (Å²) in [7, 11) is -2.41. The van der Waals surface area contributed by atoms with Gasteiger partial charge in [0, 0.05) is 25.0 Å². The van der Waals surface area contributed by atoms with Crippen molar-refractivity contribution >= 4 is 33.4 Å². The number of carbonyl (C=O) groups is 1. The number of carbonyl (C=O) groups excluding carboxylic acids is 1. The highest BCUT2D eigenvalue weighted by Crippen LogP contribution is 2.32. The van der Waals surface area contributed by atoms with Crippen molar-refractivity contribution in [1.82, 2.24) is 9.29 Å². The van der Waals surface area contributed by atoms with E-state index in [1.165, 1.54) is 35.7 Å². The molecule has 0 atom stereocenters. The van der Waals surface area contributed by atoms with Gasteiger partial charge in [-0.1, -0.05) is 18.2 Å². The van der Waals surface area contributed by atoms with Crippen LogP contribution in [-0.4, -0.2) is 49.6 Å². The van der Waals surface area contributed by atoms with Crippen molar-refractivity contribution in [3.63, 3.8) is 0 Å². The molecule has 2 aromatic rings. The number of anilines is 1. The zero-order chi connectivity index (χ0) is 23.4. The minimum Gasteiger partial charge on any atom is -0.495 e. The number of pyridine rings is 1. The van der Waals surface area contributed by atoms with E-state index in [4.69, 9.17) is 4.74 Å². The fourth-order valence-corrected chi connectivity index (χ4v) is 5.51. The molecule has 1 amide bonds. The van der Waals surface area contributed by atoms with Crippen molar-refractivity contribution in [2.45, 2.75) is 35.4 Å². The molecular formula is C20H22F3N3O4S2. The standard InChI is InChI=1S/C20H22F3N3O4S2/c1-30-16-7-6-15(11-17(16)32(28,29)26-9-3-2-4-10-26)25-18(27)13-31-19-8-5-14(12-24-19)20(21,22)23/h5-8,11-12H,2-4,9-10,13H2,1H3,(H,25,27). The normalized spacial score (nSPS) is 15.4. The first-order valence-corrected chi connectivity index (χ1v) is 12.2. The summed E-state index contributed by atoms with van der Waals surface area (Å²) in [5.74, 6) is -0.390. The van der Waals surface area contributed by atoms with Gasteiger partial charge in [0.1, 0.15) is 10.6 Å². The number of aromatic nitrogens is 1. The Balaban J connectivity index is 1.68. The number of benzene rings is 1. The summed E-state index contributed by atoms with van der Waals surface area (Å²) < 4.78 is 70.5. The Morgan fingerprint density at radius 1 is 1.19 bits per heavy atom. The number of ether oxygens (including phenoxy) is 1. The van der Waals surface area contributed by atoms with Gasteiger partial charge in [0.25, 0.3) is 0 Å². The molecule has 1 saturated heterocycles. The Kier molecular flexibility index (Phi) is 7.67. The van der Waals surface area contributed by atoms with Gasteiger partial charge in [-0.05, 0) is 43.2 Å². The van der Waals surface area contributed by atoms with E-state index in [1.807, 2.05) is 0 Å². The molecule has 1 fully saturated rings. The lowest BCUT2D eigenvalue weighted by Gasteiger charge is -2.26. The Hall–Kier alpha value is -2.31. The third kappa shape index (κ3) is 5.93. The zero-order valence-electron chi connectivity index (χ0n) is 17.2. The quantitative estimate of drug-likeness (QED) is 0.591. The lowest BCUT2D eigenvalue weighted by Crippen LogP contribution is -2.35. The van der Waals surface area contributed by atoms with Crippen LogP contribution in [0.4, 0.5) is 18.9 Å². The van der Waals surface area contributed by atoms with Crippen LogP contribution in [0.2, 0.25) is 0 Å². The Morgan fingerprint density at radius 3 is 2.50 bits per heavy atom. The van der Waals surface area contributed by atoms with Gasteiger partial charge in [0.15, 0.2) is 0 Å². The highest BCUT2D eigenvalue weighted by Gasteiger charge is 2.31. The first-order valence-electron chi connectivity index (χ1n) is 9.75. The summed E-state index contributed by atoms with van der Waals surface area (Å²) in [6, 6.07) is 6.43. The van der Waals surface area contributed by atoms with Crippen molar-refractivity contribution in [1.29, 1.82) is 0 Å². The molecule has 1 aliphatic rings. The number of hydrogen-bond donors (Lipinski definition) is 1. The van der Waals surface area contributed by atoms with Crippen LogP contribution in [0.25, 0.3) is 0 Å². The summed E-state index contributed by atoms with van der Waals surface area (Å²) in [6.07, 6.45) is -1.22. The predicted molar refractivity (Wildman–Crippen MR) is 114 cm³/mol. The minimum atomic E-state index is -4.48.